The summed E-state index contributed by atoms with van der Waals surface area (Å²) in [6, 6.07) is 14.0. The van der Waals surface area contributed by atoms with E-state index >= 15 is 0 Å². The van der Waals surface area contributed by atoms with Gasteiger partial charge in [0, 0.05) is 13.1 Å². The molecule has 3 amide bonds. The normalized spacial score (nSPS) is 11.3. The Morgan fingerprint density at radius 2 is 1.75 bits per heavy atom. The number of hydrogen-bond acceptors (Lipinski definition) is 4. The number of carbonyl (C=O) groups is 3. The zero-order valence-electron chi connectivity index (χ0n) is 19.1. The van der Waals surface area contributed by atoms with Crippen LogP contribution in [0.4, 0.5) is 5.69 Å². The molecule has 2 aromatic rings. The van der Waals surface area contributed by atoms with E-state index in [-0.39, 0.29) is 17.2 Å². The van der Waals surface area contributed by atoms with E-state index in [9.17, 15) is 14.4 Å². The highest BCUT2D eigenvalue weighted by molar-refractivity contribution is 6.40. The smallest absolute Gasteiger partial charge is 0.313 e. The molecule has 3 N–H and O–H groups in total. The van der Waals surface area contributed by atoms with Crippen LogP contribution in [0.3, 0.4) is 0 Å². The first-order chi connectivity index (χ1) is 15.5. The molecule has 7 nitrogen and oxygen atoms in total. The molecule has 7 heteroatoms. The van der Waals surface area contributed by atoms with Crippen LogP contribution in [-0.2, 0) is 16.1 Å². The van der Waals surface area contributed by atoms with E-state index in [2.05, 4.69) is 29.8 Å². The van der Waals surface area contributed by atoms with Crippen LogP contribution >= 0.6 is 0 Å². The quantitative estimate of drug-likeness (QED) is 0.463. The van der Waals surface area contributed by atoms with Crippen LogP contribution < -0.4 is 20.7 Å². The number of unbranched alkanes of at least 4 members (excludes halogenated alkanes) is 1. The zero-order chi connectivity index (χ0) is 23.3. The van der Waals surface area contributed by atoms with Gasteiger partial charge in [-0.1, -0.05) is 57.4 Å². The Hall–Kier alpha value is -3.35. The van der Waals surface area contributed by atoms with Crippen molar-refractivity contribution >= 4 is 23.4 Å². The third-order valence-corrected chi connectivity index (χ3v) is 5.31. The van der Waals surface area contributed by atoms with Crippen LogP contribution in [0.5, 0.6) is 5.75 Å². The van der Waals surface area contributed by atoms with Crippen LogP contribution in [-0.4, -0.2) is 31.4 Å². The summed E-state index contributed by atoms with van der Waals surface area (Å²) >= 11 is 0. The summed E-state index contributed by atoms with van der Waals surface area (Å²) in [4.78, 5) is 37.3. The topological polar surface area (TPSA) is 96.5 Å². The number of hydrogen-bond donors (Lipinski definition) is 3. The summed E-state index contributed by atoms with van der Waals surface area (Å²) in [5.74, 6) is -0.790. The van der Waals surface area contributed by atoms with Crippen molar-refractivity contribution in [3.05, 3.63) is 59.7 Å². The van der Waals surface area contributed by atoms with Gasteiger partial charge in [0.1, 0.15) is 5.75 Å². The molecule has 0 saturated heterocycles. The molecule has 0 radical (unpaired) electrons. The van der Waals surface area contributed by atoms with E-state index < -0.39 is 11.8 Å². The van der Waals surface area contributed by atoms with Crippen LogP contribution in [0, 0.1) is 5.92 Å². The first kappa shape index (κ1) is 24.9. The monoisotopic (exact) mass is 439 g/mol. The van der Waals surface area contributed by atoms with Crippen LogP contribution in [0.1, 0.15) is 55.5 Å². The number of ether oxygens (including phenoxy) is 1. The van der Waals surface area contributed by atoms with Gasteiger partial charge in [0.25, 0.3) is 5.91 Å². The molecule has 0 bridgehead atoms. The lowest BCUT2D eigenvalue weighted by molar-refractivity contribution is -0.136. The Bertz CT molecular complexity index is 914. The first-order valence-electron chi connectivity index (χ1n) is 11.1. The van der Waals surface area contributed by atoms with E-state index in [4.69, 9.17) is 4.74 Å². The van der Waals surface area contributed by atoms with Crippen molar-refractivity contribution in [2.45, 2.75) is 46.1 Å². The Labute approximate surface area is 189 Å². The second-order valence-corrected chi connectivity index (χ2v) is 7.66. The molecular weight excluding hydrogens is 406 g/mol. The third kappa shape index (κ3) is 7.72. The maximum absolute atomic E-state index is 12.7. The van der Waals surface area contributed by atoms with Crippen molar-refractivity contribution in [1.29, 1.82) is 0 Å². The van der Waals surface area contributed by atoms with E-state index in [0.29, 0.717) is 24.8 Å². The van der Waals surface area contributed by atoms with Gasteiger partial charge in [-0.25, -0.2) is 0 Å². The number of carbonyl (C=O) groups excluding carboxylic acids is 3. The standard InChI is InChI=1S/C25H33N3O4/c1-4-6-10-18(5-2)16-27-24(30)25(31)28-22-14-8-7-13-21(22)23(29)26-17-19-11-9-12-20(15-19)32-3/h7-9,11-15,18H,4-6,10,16-17H2,1-3H3,(H,26,29)(H,27,30)(H,28,31)/t18-/m1/s1. The predicted molar refractivity (Wildman–Crippen MR) is 126 cm³/mol. The maximum Gasteiger partial charge on any atom is 0.313 e. The number of methoxy groups -OCH3 is 1. The molecule has 32 heavy (non-hydrogen) atoms. The second-order valence-electron chi connectivity index (χ2n) is 7.66. The molecule has 2 rings (SSSR count). The number of para-hydroxylation sites is 1. The minimum absolute atomic E-state index is 0.283. The Morgan fingerprint density at radius 3 is 2.47 bits per heavy atom. The van der Waals surface area contributed by atoms with Crippen LogP contribution in [0.15, 0.2) is 48.5 Å². The van der Waals surface area contributed by atoms with Crippen molar-refractivity contribution in [3.63, 3.8) is 0 Å². The molecule has 0 saturated carbocycles. The predicted octanol–water partition coefficient (Wildman–Crippen LogP) is 3.90. The summed E-state index contributed by atoms with van der Waals surface area (Å²) in [5.41, 5.74) is 1.45. The highest BCUT2D eigenvalue weighted by atomic mass is 16.5. The molecule has 0 aliphatic carbocycles. The molecular formula is C25H33N3O4. The van der Waals surface area contributed by atoms with Crippen molar-refractivity contribution in [2.24, 2.45) is 5.92 Å². The van der Waals surface area contributed by atoms with Crippen molar-refractivity contribution in [3.8, 4) is 5.75 Å². The molecule has 0 aromatic heterocycles. The summed E-state index contributed by atoms with van der Waals surface area (Å²) < 4.78 is 5.19. The average Bonchev–Trinajstić information content (AvgIpc) is 2.82. The fourth-order valence-corrected chi connectivity index (χ4v) is 3.29. The Kier molecular flexibility index (Phi) is 10.2. The lowest BCUT2D eigenvalue weighted by Gasteiger charge is -2.15. The van der Waals surface area contributed by atoms with E-state index in [0.717, 1.165) is 31.2 Å². The third-order valence-electron chi connectivity index (χ3n) is 5.31. The molecule has 0 spiro atoms. The van der Waals surface area contributed by atoms with Gasteiger partial charge in [-0.05, 0) is 42.2 Å². The Balaban J connectivity index is 1.95. The molecule has 0 fully saturated rings. The van der Waals surface area contributed by atoms with Gasteiger partial charge in [-0.15, -0.1) is 0 Å². The molecule has 0 heterocycles. The summed E-state index contributed by atoms with van der Waals surface area (Å²) in [6.45, 7) is 4.97. The van der Waals surface area contributed by atoms with Gasteiger partial charge in [0.05, 0.1) is 18.4 Å². The summed E-state index contributed by atoms with van der Waals surface area (Å²) in [5, 5.41) is 8.10. The Morgan fingerprint density at radius 1 is 0.969 bits per heavy atom. The van der Waals surface area contributed by atoms with Crippen molar-refractivity contribution < 1.29 is 19.1 Å². The summed E-state index contributed by atoms with van der Waals surface area (Å²) in [7, 11) is 1.58. The molecule has 172 valence electrons. The number of anilines is 1. The van der Waals surface area contributed by atoms with E-state index in [1.807, 2.05) is 24.3 Å². The van der Waals surface area contributed by atoms with E-state index in [1.165, 1.54) is 0 Å². The van der Waals surface area contributed by atoms with Gasteiger partial charge in [0.15, 0.2) is 0 Å². The molecule has 1 atom stereocenters. The highest BCUT2D eigenvalue weighted by Crippen LogP contribution is 2.16. The van der Waals surface area contributed by atoms with Gasteiger partial charge < -0.3 is 20.7 Å². The van der Waals surface area contributed by atoms with E-state index in [1.54, 1.807) is 31.4 Å². The lowest BCUT2D eigenvalue weighted by Crippen LogP contribution is -2.38. The maximum atomic E-state index is 12.7. The minimum Gasteiger partial charge on any atom is -0.497 e. The molecule has 2 aromatic carbocycles. The average molecular weight is 440 g/mol. The number of nitrogens with one attached hydrogen (secondary N) is 3. The van der Waals surface area contributed by atoms with Gasteiger partial charge in [0.2, 0.25) is 0 Å². The SMILES string of the molecule is CCCC[C@@H](CC)CNC(=O)C(=O)Nc1ccccc1C(=O)NCc1cccc(OC)c1. The highest BCUT2D eigenvalue weighted by Gasteiger charge is 2.18. The fraction of sp³-hybridized carbons (Fsp3) is 0.400. The number of amides is 3. The molecule has 0 aliphatic heterocycles. The van der Waals surface area contributed by atoms with Crippen LogP contribution in [0.2, 0.25) is 0 Å². The van der Waals surface area contributed by atoms with Gasteiger partial charge in [-0.2, -0.15) is 0 Å². The zero-order valence-corrected chi connectivity index (χ0v) is 19.1. The number of rotatable bonds is 11. The summed E-state index contributed by atoms with van der Waals surface area (Å²) in [6.07, 6.45) is 4.16. The van der Waals surface area contributed by atoms with Crippen molar-refractivity contribution in [1.82, 2.24) is 10.6 Å². The van der Waals surface area contributed by atoms with Gasteiger partial charge >= 0.3 is 11.8 Å². The largest absolute Gasteiger partial charge is 0.497 e. The van der Waals surface area contributed by atoms with Crippen molar-refractivity contribution in [2.75, 3.05) is 19.0 Å². The van der Waals surface area contributed by atoms with Crippen LogP contribution in [0.25, 0.3) is 0 Å². The molecule has 0 unspecified atom stereocenters. The molecule has 0 aliphatic rings. The lowest BCUT2D eigenvalue weighted by atomic mass is 9.99. The fourth-order valence-electron chi connectivity index (χ4n) is 3.29. The number of benzene rings is 2. The first-order valence-corrected chi connectivity index (χ1v) is 11.1. The minimum atomic E-state index is -0.789. The van der Waals surface area contributed by atoms with Gasteiger partial charge in [-0.3, -0.25) is 14.4 Å². The second kappa shape index (κ2) is 13.1.